The number of aromatic hydroxyl groups is 1. The lowest BCUT2D eigenvalue weighted by Gasteiger charge is -2.11. The van der Waals surface area contributed by atoms with Crippen molar-refractivity contribution in [1.82, 2.24) is 0 Å². The number of rotatable bonds is 4. The van der Waals surface area contributed by atoms with Crippen molar-refractivity contribution in [1.29, 1.82) is 0 Å². The zero-order valence-electron chi connectivity index (χ0n) is 8.61. The summed E-state index contributed by atoms with van der Waals surface area (Å²) in [6.07, 6.45) is 1.68. The van der Waals surface area contributed by atoms with E-state index >= 15 is 0 Å². The summed E-state index contributed by atoms with van der Waals surface area (Å²) in [5, 5.41) is 9.65. The molecule has 4 heteroatoms. The monoisotopic (exact) mass is 208 g/mol. The van der Waals surface area contributed by atoms with Gasteiger partial charge in [0, 0.05) is 5.56 Å². The highest BCUT2D eigenvalue weighted by molar-refractivity contribution is 5.90. The van der Waals surface area contributed by atoms with E-state index in [1.54, 1.807) is 6.92 Å². The number of phenols is 1. The van der Waals surface area contributed by atoms with Crippen molar-refractivity contribution in [2.45, 2.75) is 13.3 Å². The van der Waals surface area contributed by atoms with E-state index in [0.717, 1.165) is 0 Å². The van der Waals surface area contributed by atoms with Crippen LogP contribution in [0.1, 0.15) is 33.2 Å². The molecule has 0 aliphatic carbocycles. The summed E-state index contributed by atoms with van der Waals surface area (Å²) in [4.78, 5) is 21.6. The Hall–Kier alpha value is -1.84. The molecule has 0 radical (unpaired) electrons. The van der Waals surface area contributed by atoms with Crippen LogP contribution in [0.5, 0.6) is 11.5 Å². The zero-order chi connectivity index (χ0) is 11.4. The van der Waals surface area contributed by atoms with Gasteiger partial charge >= 0.3 is 0 Å². The summed E-state index contributed by atoms with van der Waals surface area (Å²) in [5.41, 5.74) is 1.03. The Bertz CT molecular complexity index is 396. The van der Waals surface area contributed by atoms with E-state index in [2.05, 4.69) is 0 Å². The molecule has 0 spiro atoms. The zero-order valence-corrected chi connectivity index (χ0v) is 8.61. The third-order valence-electron chi connectivity index (χ3n) is 2.27. The normalized spacial score (nSPS) is 9.73. The number of hydrogen-bond acceptors (Lipinski definition) is 4. The second kappa shape index (κ2) is 4.59. The topological polar surface area (TPSA) is 63.6 Å². The van der Waals surface area contributed by atoms with Crippen molar-refractivity contribution in [2.75, 3.05) is 7.11 Å². The Morgan fingerprint density at radius 2 is 2.07 bits per heavy atom. The first-order valence-corrected chi connectivity index (χ1v) is 4.52. The predicted molar refractivity (Wildman–Crippen MR) is 54.8 cm³/mol. The average molecular weight is 208 g/mol. The van der Waals surface area contributed by atoms with Crippen LogP contribution in [-0.2, 0) is 6.42 Å². The van der Waals surface area contributed by atoms with Gasteiger partial charge < -0.3 is 9.84 Å². The van der Waals surface area contributed by atoms with E-state index in [0.29, 0.717) is 30.1 Å². The molecule has 0 heterocycles. The average Bonchev–Trinajstić information content (AvgIpc) is 2.28. The number of ether oxygens (including phenoxy) is 1. The predicted octanol–water partition coefficient (Wildman–Crippen LogP) is 1.59. The molecule has 0 amide bonds. The van der Waals surface area contributed by atoms with Gasteiger partial charge in [-0.1, -0.05) is 6.92 Å². The summed E-state index contributed by atoms with van der Waals surface area (Å²) < 4.78 is 4.86. The standard InChI is InChI=1S/C11H12O4/c1-3-8-7(5-12)4-10(15-2)11(14)9(8)6-13/h4-6,14H,3H2,1-2H3. The molecule has 80 valence electrons. The van der Waals surface area contributed by atoms with E-state index in [1.165, 1.54) is 13.2 Å². The van der Waals surface area contributed by atoms with Crippen LogP contribution in [0.25, 0.3) is 0 Å². The third kappa shape index (κ3) is 1.83. The molecule has 1 aromatic rings. The van der Waals surface area contributed by atoms with Crippen molar-refractivity contribution in [2.24, 2.45) is 0 Å². The molecule has 0 aromatic heterocycles. The van der Waals surface area contributed by atoms with E-state index in [9.17, 15) is 14.7 Å². The van der Waals surface area contributed by atoms with Gasteiger partial charge in [0.25, 0.3) is 0 Å². The quantitative estimate of drug-likeness (QED) is 0.763. The fourth-order valence-electron chi connectivity index (χ4n) is 1.51. The van der Waals surface area contributed by atoms with Gasteiger partial charge in [0.05, 0.1) is 12.7 Å². The second-order valence-corrected chi connectivity index (χ2v) is 3.00. The number of hydrogen-bond donors (Lipinski definition) is 1. The van der Waals surface area contributed by atoms with Crippen LogP contribution in [-0.4, -0.2) is 24.8 Å². The van der Waals surface area contributed by atoms with Crippen LogP contribution in [0, 0.1) is 0 Å². The SMILES string of the molecule is CCc1c(C=O)cc(OC)c(O)c1C=O. The number of carbonyl (C=O) groups excluding carboxylic acids is 2. The molecule has 0 unspecified atom stereocenters. The fourth-order valence-corrected chi connectivity index (χ4v) is 1.51. The fraction of sp³-hybridized carbons (Fsp3) is 0.273. The lowest BCUT2D eigenvalue weighted by atomic mass is 9.98. The number of phenolic OH excluding ortho intramolecular Hbond substituents is 1. The molecule has 0 bridgehead atoms. The number of carbonyl (C=O) groups is 2. The van der Waals surface area contributed by atoms with E-state index in [1.807, 2.05) is 0 Å². The Morgan fingerprint density at radius 3 is 2.47 bits per heavy atom. The number of methoxy groups -OCH3 is 1. The molecule has 15 heavy (non-hydrogen) atoms. The molecule has 0 aliphatic heterocycles. The van der Waals surface area contributed by atoms with Gasteiger partial charge in [-0.05, 0) is 18.1 Å². The lowest BCUT2D eigenvalue weighted by molar-refractivity contribution is 0.111. The highest BCUT2D eigenvalue weighted by Gasteiger charge is 2.16. The van der Waals surface area contributed by atoms with Crippen LogP contribution in [0.2, 0.25) is 0 Å². The van der Waals surface area contributed by atoms with Gasteiger partial charge in [-0.2, -0.15) is 0 Å². The third-order valence-corrected chi connectivity index (χ3v) is 2.27. The minimum atomic E-state index is -0.213. The van der Waals surface area contributed by atoms with E-state index in [4.69, 9.17) is 4.74 Å². The highest BCUT2D eigenvalue weighted by Crippen LogP contribution is 2.33. The minimum Gasteiger partial charge on any atom is -0.504 e. The molecule has 0 saturated heterocycles. The summed E-state index contributed by atoms with van der Waals surface area (Å²) >= 11 is 0. The summed E-state index contributed by atoms with van der Waals surface area (Å²) in [6, 6.07) is 1.42. The van der Waals surface area contributed by atoms with Crippen molar-refractivity contribution >= 4 is 12.6 Å². The molecular weight excluding hydrogens is 196 g/mol. The summed E-state index contributed by atoms with van der Waals surface area (Å²) in [5.74, 6) is -0.0775. The maximum absolute atomic E-state index is 10.8. The summed E-state index contributed by atoms with van der Waals surface area (Å²) in [7, 11) is 1.36. The van der Waals surface area contributed by atoms with E-state index in [-0.39, 0.29) is 17.1 Å². The van der Waals surface area contributed by atoms with Gasteiger partial charge in [0.15, 0.2) is 17.8 Å². The maximum Gasteiger partial charge on any atom is 0.168 e. The Balaban J connectivity index is 3.56. The lowest BCUT2D eigenvalue weighted by Crippen LogP contribution is -2.00. The van der Waals surface area contributed by atoms with Crippen molar-refractivity contribution in [3.05, 3.63) is 22.8 Å². The largest absolute Gasteiger partial charge is 0.504 e. The highest BCUT2D eigenvalue weighted by atomic mass is 16.5. The Kier molecular flexibility index (Phi) is 3.44. The molecule has 1 aromatic carbocycles. The van der Waals surface area contributed by atoms with Gasteiger partial charge in [0.1, 0.15) is 6.29 Å². The molecule has 0 fully saturated rings. The number of benzene rings is 1. The van der Waals surface area contributed by atoms with Crippen molar-refractivity contribution in [3.63, 3.8) is 0 Å². The van der Waals surface area contributed by atoms with Crippen LogP contribution in [0.15, 0.2) is 6.07 Å². The Morgan fingerprint density at radius 1 is 1.40 bits per heavy atom. The second-order valence-electron chi connectivity index (χ2n) is 3.00. The van der Waals surface area contributed by atoms with Crippen LogP contribution < -0.4 is 4.74 Å². The Labute approximate surface area is 87.5 Å². The smallest absolute Gasteiger partial charge is 0.168 e. The molecule has 1 N–H and O–H groups in total. The van der Waals surface area contributed by atoms with Gasteiger partial charge in [-0.15, -0.1) is 0 Å². The van der Waals surface area contributed by atoms with Gasteiger partial charge in [-0.25, -0.2) is 0 Å². The molecule has 0 aliphatic rings. The first-order valence-electron chi connectivity index (χ1n) is 4.52. The molecule has 0 saturated carbocycles. The molecular formula is C11H12O4. The van der Waals surface area contributed by atoms with Crippen LogP contribution in [0.3, 0.4) is 0 Å². The van der Waals surface area contributed by atoms with Crippen molar-refractivity contribution < 1.29 is 19.4 Å². The molecule has 1 rings (SSSR count). The van der Waals surface area contributed by atoms with Crippen molar-refractivity contribution in [3.8, 4) is 11.5 Å². The summed E-state index contributed by atoms with van der Waals surface area (Å²) in [6.45, 7) is 1.81. The first-order chi connectivity index (χ1) is 7.19. The molecule has 4 nitrogen and oxygen atoms in total. The minimum absolute atomic E-state index is 0.124. The van der Waals surface area contributed by atoms with Crippen LogP contribution >= 0.6 is 0 Å². The molecule has 0 atom stereocenters. The first kappa shape index (κ1) is 11.2. The number of aldehydes is 2. The maximum atomic E-state index is 10.8. The van der Waals surface area contributed by atoms with Gasteiger partial charge in [-0.3, -0.25) is 9.59 Å². The van der Waals surface area contributed by atoms with Crippen LogP contribution in [0.4, 0.5) is 0 Å². The van der Waals surface area contributed by atoms with E-state index < -0.39 is 0 Å². The van der Waals surface area contributed by atoms with Gasteiger partial charge in [0.2, 0.25) is 0 Å².